The summed E-state index contributed by atoms with van der Waals surface area (Å²) in [6, 6.07) is 8.42. The predicted molar refractivity (Wildman–Crippen MR) is 108 cm³/mol. The van der Waals surface area contributed by atoms with E-state index >= 15 is 0 Å². The lowest BCUT2D eigenvalue weighted by Crippen LogP contribution is -2.26. The number of benzene rings is 1. The van der Waals surface area contributed by atoms with Crippen LogP contribution in [-0.4, -0.2) is 37.3 Å². The van der Waals surface area contributed by atoms with Crippen molar-refractivity contribution in [1.29, 1.82) is 0 Å². The second-order valence-electron chi connectivity index (χ2n) is 8.29. The highest BCUT2D eigenvalue weighted by Crippen LogP contribution is 2.31. The number of aryl methyl sites for hydroxylation is 1. The third-order valence-electron chi connectivity index (χ3n) is 6.01. The summed E-state index contributed by atoms with van der Waals surface area (Å²) in [5, 5.41) is 0. The van der Waals surface area contributed by atoms with Gasteiger partial charge in [0.1, 0.15) is 12.4 Å². The van der Waals surface area contributed by atoms with E-state index in [1.54, 1.807) is 4.90 Å². The van der Waals surface area contributed by atoms with Crippen molar-refractivity contribution in [3.05, 3.63) is 29.8 Å². The number of rotatable bonds is 10. The second kappa shape index (κ2) is 10.6. The molecule has 0 aromatic heterocycles. The maximum Gasteiger partial charge on any atom is 0.409 e. The Kier molecular flexibility index (Phi) is 7.85. The summed E-state index contributed by atoms with van der Waals surface area (Å²) in [6.45, 7) is 4.97. The Labute approximate surface area is 164 Å². The first-order valence-electron chi connectivity index (χ1n) is 10.8. The van der Waals surface area contributed by atoms with Crippen molar-refractivity contribution in [1.82, 2.24) is 4.90 Å². The lowest BCUT2D eigenvalue weighted by Gasteiger charge is -2.24. The van der Waals surface area contributed by atoms with Gasteiger partial charge in [-0.3, -0.25) is 0 Å². The molecule has 1 heterocycles. The van der Waals surface area contributed by atoms with Crippen LogP contribution in [0.5, 0.6) is 5.75 Å². The van der Waals surface area contributed by atoms with Crippen molar-refractivity contribution in [3.63, 3.8) is 0 Å². The monoisotopic (exact) mass is 373 g/mol. The van der Waals surface area contributed by atoms with Crippen LogP contribution in [0, 0.1) is 11.8 Å². The number of carbonyl (C=O) groups is 1. The minimum absolute atomic E-state index is 0.192. The molecule has 150 valence electrons. The molecule has 1 atom stereocenters. The van der Waals surface area contributed by atoms with E-state index in [4.69, 9.17) is 9.47 Å². The minimum atomic E-state index is -0.192. The molecule has 0 N–H and O–H groups in total. The van der Waals surface area contributed by atoms with Crippen LogP contribution in [-0.2, 0) is 11.2 Å². The van der Waals surface area contributed by atoms with Crippen molar-refractivity contribution < 1.29 is 14.3 Å². The van der Waals surface area contributed by atoms with Gasteiger partial charge in [-0.2, -0.15) is 0 Å². The van der Waals surface area contributed by atoms with Gasteiger partial charge in [-0.05, 0) is 49.1 Å². The Morgan fingerprint density at radius 3 is 2.81 bits per heavy atom. The first kappa shape index (κ1) is 20.0. The number of para-hydroxylation sites is 1. The van der Waals surface area contributed by atoms with E-state index in [1.165, 1.54) is 50.5 Å². The molecule has 1 aliphatic carbocycles. The number of hydrogen-bond acceptors (Lipinski definition) is 3. The van der Waals surface area contributed by atoms with Crippen LogP contribution in [0.3, 0.4) is 0 Å². The van der Waals surface area contributed by atoms with E-state index in [0.717, 1.165) is 30.4 Å². The summed E-state index contributed by atoms with van der Waals surface area (Å²) in [5.41, 5.74) is 1.31. The third kappa shape index (κ3) is 6.44. The highest BCUT2D eigenvalue weighted by molar-refractivity contribution is 5.69. The van der Waals surface area contributed by atoms with E-state index in [2.05, 4.69) is 25.1 Å². The van der Waals surface area contributed by atoms with Gasteiger partial charge in [0.15, 0.2) is 0 Å². The quantitative estimate of drug-likeness (QED) is 0.512. The van der Waals surface area contributed by atoms with Crippen molar-refractivity contribution in [2.24, 2.45) is 11.8 Å². The Morgan fingerprint density at radius 2 is 2.04 bits per heavy atom. The molecule has 1 unspecified atom stereocenters. The van der Waals surface area contributed by atoms with Gasteiger partial charge in [-0.1, -0.05) is 57.2 Å². The van der Waals surface area contributed by atoms with Crippen molar-refractivity contribution in [2.75, 3.05) is 26.3 Å². The SMILES string of the molecule is CC(CCc1ccccc1OCCCN1CCOC1=O)CC1CCCCC1. The average molecular weight is 374 g/mol. The maximum atomic E-state index is 11.4. The van der Waals surface area contributed by atoms with Gasteiger partial charge in [0.25, 0.3) is 0 Å². The van der Waals surface area contributed by atoms with Crippen LogP contribution < -0.4 is 4.74 Å². The Hall–Kier alpha value is -1.71. The molecule has 2 fully saturated rings. The van der Waals surface area contributed by atoms with E-state index in [9.17, 15) is 4.79 Å². The third-order valence-corrected chi connectivity index (χ3v) is 6.01. The zero-order valence-corrected chi connectivity index (χ0v) is 16.8. The summed E-state index contributed by atoms with van der Waals surface area (Å²) in [5.74, 6) is 2.74. The summed E-state index contributed by atoms with van der Waals surface area (Å²) >= 11 is 0. The number of cyclic esters (lactones) is 1. The standard InChI is InChI=1S/C23H35NO3/c1-19(18-20-8-3-2-4-9-20)12-13-21-10-5-6-11-22(21)26-16-7-14-24-15-17-27-23(24)25/h5-6,10-11,19-20H,2-4,7-9,12-18H2,1H3. The molecule has 27 heavy (non-hydrogen) atoms. The average Bonchev–Trinajstić information content (AvgIpc) is 3.10. The normalized spacial score (nSPS) is 19.1. The molecule has 1 saturated heterocycles. The fourth-order valence-electron chi connectivity index (χ4n) is 4.43. The van der Waals surface area contributed by atoms with Gasteiger partial charge in [0.2, 0.25) is 0 Å². The van der Waals surface area contributed by atoms with E-state index in [-0.39, 0.29) is 6.09 Å². The van der Waals surface area contributed by atoms with Crippen LogP contribution in [0.1, 0.15) is 63.9 Å². The van der Waals surface area contributed by atoms with Crippen LogP contribution >= 0.6 is 0 Å². The largest absolute Gasteiger partial charge is 0.493 e. The Morgan fingerprint density at radius 1 is 1.22 bits per heavy atom. The Balaban J connectivity index is 1.39. The second-order valence-corrected chi connectivity index (χ2v) is 8.29. The summed E-state index contributed by atoms with van der Waals surface area (Å²) in [6.07, 6.45) is 11.5. The number of nitrogens with zero attached hydrogens (tertiary/aromatic N) is 1. The van der Waals surface area contributed by atoms with Crippen LogP contribution in [0.4, 0.5) is 4.79 Å². The minimum Gasteiger partial charge on any atom is -0.493 e. The lowest BCUT2D eigenvalue weighted by molar-refractivity contribution is 0.156. The van der Waals surface area contributed by atoms with Crippen LogP contribution in [0.25, 0.3) is 0 Å². The van der Waals surface area contributed by atoms with Crippen LogP contribution in [0.2, 0.25) is 0 Å². The molecule has 1 aliphatic heterocycles. The van der Waals surface area contributed by atoms with Crippen molar-refractivity contribution in [3.8, 4) is 5.75 Å². The molecule has 4 nitrogen and oxygen atoms in total. The molecule has 1 saturated carbocycles. The lowest BCUT2D eigenvalue weighted by atomic mass is 9.82. The molecule has 1 amide bonds. The van der Waals surface area contributed by atoms with Gasteiger partial charge < -0.3 is 14.4 Å². The summed E-state index contributed by atoms with van der Waals surface area (Å²) in [4.78, 5) is 13.2. The van der Waals surface area contributed by atoms with Crippen LogP contribution in [0.15, 0.2) is 24.3 Å². The molecule has 0 spiro atoms. The zero-order chi connectivity index (χ0) is 18.9. The number of ether oxygens (including phenoxy) is 2. The van der Waals surface area contributed by atoms with Gasteiger partial charge in [-0.25, -0.2) is 4.79 Å². The van der Waals surface area contributed by atoms with Crippen molar-refractivity contribution in [2.45, 2.75) is 64.7 Å². The number of hydrogen-bond donors (Lipinski definition) is 0. The summed E-state index contributed by atoms with van der Waals surface area (Å²) in [7, 11) is 0. The molecular formula is C23H35NO3. The van der Waals surface area contributed by atoms with E-state index in [0.29, 0.717) is 26.3 Å². The maximum absolute atomic E-state index is 11.4. The van der Waals surface area contributed by atoms with E-state index in [1.807, 2.05) is 6.07 Å². The molecule has 2 aliphatic rings. The fourth-order valence-corrected chi connectivity index (χ4v) is 4.43. The highest BCUT2D eigenvalue weighted by Gasteiger charge is 2.21. The van der Waals surface area contributed by atoms with Gasteiger partial charge in [0, 0.05) is 6.54 Å². The van der Waals surface area contributed by atoms with Gasteiger partial charge in [0.05, 0.1) is 13.2 Å². The molecule has 1 aromatic rings. The van der Waals surface area contributed by atoms with E-state index < -0.39 is 0 Å². The topological polar surface area (TPSA) is 38.8 Å². The van der Waals surface area contributed by atoms with Crippen molar-refractivity contribution >= 4 is 6.09 Å². The molecule has 0 bridgehead atoms. The molecule has 4 heteroatoms. The van der Waals surface area contributed by atoms with Gasteiger partial charge >= 0.3 is 6.09 Å². The zero-order valence-electron chi connectivity index (χ0n) is 16.8. The summed E-state index contributed by atoms with van der Waals surface area (Å²) < 4.78 is 11.0. The smallest absolute Gasteiger partial charge is 0.409 e. The number of carbonyl (C=O) groups excluding carboxylic acids is 1. The molecular weight excluding hydrogens is 338 g/mol. The number of amides is 1. The molecule has 0 radical (unpaired) electrons. The highest BCUT2D eigenvalue weighted by atomic mass is 16.6. The fraction of sp³-hybridized carbons (Fsp3) is 0.696. The first-order valence-corrected chi connectivity index (χ1v) is 10.8. The molecule has 3 rings (SSSR count). The molecule has 1 aromatic carbocycles. The first-order chi connectivity index (χ1) is 13.2. The predicted octanol–water partition coefficient (Wildman–Crippen LogP) is 5.45. The Bertz CT molecular complexity index is 583. The van der Waals surface area contributed by atoms with Gasteiger partial charge in [-0.15, -0.1) is 0 Å².